The van der Waals surface area contributed by atoms with Gasteiger partial charge in [0.05, 0.1) is 6.04 Å². The van der Waals surface area contributed by atoms with Crippen LogP contribution in [0.25, 0.3) is 0 Å². The smallest absolute Gasteiger partial charge is 0.410 e. The molecule has 2 saturated heterocycles. The second kappa shape index (κ2) is 4.12. The molecule has 2 amide bonds. The molecular weight excluding hydrogens is 234 g/mol. The standard InChI is InChI=1S/C12H21N3O3/c1-11(2,3)18-10(17)15-5-4-12(7-15)6-14-9(16)8(12)13/h8H,4-7,13H2,1-3H3,(H,14,16)/t8-,12-/m1/s1. The van der Waals surface area contributed by atoms with E-state index in [0.717, 1.165) is 6.42 Å². The molecule has 0 aromatic rings. The van der Waals surface area contributed by atoms with Crippen LogP contribution in [0.15, 0.2) is 0 Å². The Balaban J connectivity index is 2.01. The highest BCUT2D eigenvalue weighted by molar-refractivity contribution is 5.85. The van der Waals surface area contributed by atoms with Crippen LogP contribution in [0.1, 0.15) is 27.2 Å². The van der Waals surface area contributed by atoms with Crippen LogP contribution in [0, 0.1) is 5.41 Å². The Hall–Kier alpha value is -1.30. The predicted octanol–water partition coefficient (Wildman–Crippen LogP) is 0.0707. The van der Waals surface area contributed by atoms with Crippen LogP contribution < -0.4 is 11.1 Å². The molecule has 0 aliphatic carbocycles. The monoisotopic (exact) mass is 255 g/mol. The number of carbonyl (C=O) groups is 2. The van der Waals surface area contributed by atoms with Crippen LogP contribution in [-0.4, -0.2) is 48.2 Å². The number of hydrogen-bond acceptors (Lipinski definition) is 4. The highest BCUT2D eigenvalue weighted by atomic mass is 16.6. The second-order valence-corrected chi connectivity index (χ2v) is 6.21. The maximum absolute atomic E-state index is 11.9. The molecule has 2 aliphatic rings. The van der Waals surface area contributed by atoms with Crippen molar-refractivity contribution in [3.8, 4) is 0 Å². The molecule has 0 aromatic heterocycles. The summed E-state index contributed by atoms with van der Waals surface area (Å²) in [4.78, 5) is 25.1. The predicted molar refractivity (Wildman–Crippen MR) is 65.8 cm³/mol. The minimum absolute atomic E-state index is 0.124. The van der Waals surface area contributed by atoms with Crippen molar-refractivity contribution in [1.29, 1.82) is 0 Å². The highest BCUT2D eigenvalue weighted by Crippen LogP contribution is 2.36. The van der Waals surface area contributed by atoms with Gasteiger partial charge >= 0.3 is 6.09 Å². The molecule has 2 aliphatic heterocycles. The summed E-state index contributed by atoms with van der Waals surface area (Å²) in [6.45, 7) is 7.14. The number of hydrogen-bond donors (Lipinski definition) is 2. The van der Waals surface area contributed by atoms with Crippen LogP contribution >= 0.6 is 0 Å². The quantitative estimate of drug-likeness (QED) is 0.641. The zero-order valence-electron chi connectivity index (χ0n) is 11.2. The van der Waals surface area contributed by atoms with Crippen LogP contribution in [0.3, 0.4) is 0 Å². The van der Waals surface area contributed by atoms with E-state index in [0.29, 0.717) is 19.6 Å². The maximum atomic E-state index is 11.9. The van der Waals surface area contributed by atoms with Crippen LogP contribution in [0.2, 0.25) is 0 Å². The highest BCUT2D eigenvalue weighted by Gasteiger charge is 2.51. The van der Waals surface area contributed by atoms with Gasteiger partial charge in [-0.15, -0.1) is 0 Å². The first kappa shape index (κ1) is 13.1. The Morgan fingerprint density at radius 3 is 2.72 bits per heavy atom. The molecule has 2 atom stereocenters. The van der Waals surface area contributed by atoms with Gasteiger partial charge in [0.15, 0.2) is 0 Å². The van der Waals surface area contributed by atoms with Gasteiger partial charge in [-0.05, 0) is 27.2 Å². The summed E-state index contributed by atoms with van der Waals surface area (Å²) in [7, 11) is 0. The van der Waals surface area contributed by atoms with Crippen molar-refractivity contribution in [2.75, 3.05) is 19.6 Å². The summed E-state index contributed by atoms with van der Waals surface area (Å²) in [5.74, 6) is -0.124. The third-order valence-corrected chi connectivity index (χ3v) is 3.59. The first-order chi connectivity index (χ1) is 8.23. The Morgan fingerprint density at radius 2 is 2.22 bits per heavy atom. The third-order valence-electron chi connectivity index (χ3n) is 3.59. The van der Waals surface area contributed by atoms with Crippen molar-refractivity contribution in [2.45, 2.75) is 38.8 Å². The van der Waals surface area contributed by atoms with Crippen molar-refractivity contribution >= 4 is 12.0 Å². The van der Waals surface area contributed by atoms with E-state index in [1.807, 2.05) is 20.8 Å². The minimum Gasteiger partial charge on any atom is -0.444 e. The summed E-state index contributed by atoms with van der Waals surface area (Å²) in [5.41, 5.74) is 5.10. The molecule has 0 unspecified atom stereocenters. The Bertz CT molecular complexity index is 377. The number of likely N-dealkylation sites (tertiary alicyclic amines) is 1. The lowest BCUT2D eigenvalue weighted by molar-refractivity contribution is -0.121. The van der Waals surface area contributed by atoms with E-state index in [2.05, 4.69) is 5.32 Å². The fourth-order valence-electron chi connectivity index (χ4n) is 2.54. The van der Waals surface area contributed by atoms with Crippen molar-refractivity contribution < 1.29 is 14.3 Å². The second-order valence-electron chi connectivity index (χ2n) is 6.21. The first-order valence-electron chi connectivity index (χ1n) is 6.25. The van der Waals surface area contributed by atoms with E-state index in [1.54, 1.807) is 4.90 Å². The first-order valence-corrected chi connectivity index (χ1v) is 6.25. The molecule has 18 heavy (non-hydrogen) atoms. The zero-order valence-corrected chi connectivity index (χ0v) is 11.2. The van der Waals surface area contributed by atoms with Gasteiger partial charge in [-0.25, -0.2) is 4.79 Å². The molecule has 2 heterocycles. The molecule has 3 N–H and O–H groups in total. The van der Waals surface area contributed by atoms with E-state index >= 15 is 0 Å². The topological polar surface area (TPSA) is 84.7 Å². The van der Waals surface area contributed by atoms with Crippen LogP contribution in [0.4, 0.5) is 4.79 Å². The lowest BCUT2D eigenvalue weighted by Gasteiger charge is -2.27. The minimum atomic E-state index is -0.523. The Kier molecular flexibility index (Phi) is 3.01. The van der Waals surface area contributed by atoms with Crippen molar-refractivity contribution in [3.05, 3.63) is 0 Å². The van der Waals surface area contributed by atoms with E-state index in [4.69, 9.17) is 10.5 Å². The molecule has 0 aromatic carbocycles. The summed E-state index contributed by atoms with van der Waals surface area (Å²) in [5, 5.41) is 2.77. The van der Waals surface area contributed by atoms with Gasteiger partial charge in [-0.3, -0.25) is 4.79 Å². The molecule has 6 nitrogen and oxygen atoms in total. The number of rotatable bonds is 0. The lowest BCUT2D eigenvalue weighted by Crippen LogP contribution is -2.45. The molecule has 0 saturated carbocycles. The molecule has 0 bridgehead atoms. The third kappa shape index (κ3) is 2.29. The van der Waals surface area contributed by atoms with Crippen molar-refractivity contribution in [1.82, 2.24) is 10.2 Å². The molecule has 0 radical (unpaired) electrons. The Labute approximate surface area is 107 Å². The molecule has 6 heteroatoms. The van der Waals surface area contributed by atoms with Crippen LogP contribution in [0.5, 0.6) is 0 Å². The molecular formula is C12H21N3O3. The van der Waals surface area contributed by atoms with Gasteiger partial charge in [-0.2, -0.15) is 0 Å². The van der Waals surface area contributed by atoms with Gasteiger partial charge in [-0.1, -0.05) is 0 Å². The summed E-state index contributed by atoms with van der Waals surface area (Å²) in [6.07, 6.45) is 0.414. The lowest BCUT2D eigenvalue weighted by atomic mass is 9.82. The van der Waals surface area contributed by atoms with Gasteiger partial charge in [0.25, 0.3) is 0 Å². The van der Waals surface area contributed by atoms with Gasteiger partial charge < -0.3 is 20.7 Å². The average molecular weight is 255 g/mol. The fourth-order valence-corrected chi connectivity index (χ4v) is 2.54. The molecule has 2 fully saturated rings. The van der Waals surface area contributed by atoms with Crippen molar-refractivity contribution in [3.63, 3.8) is 0 Å². The van der Waals surface area contributed by atoms with Gasteiger partial charge in [0, 0.05) is 25.0 Å². The number of ether oxygens (including phenoxy) is 1. The number of nitrogens with zero attached hydrogens (tertiary/aromatic N) is 1. The van der Waals surface area contributed by atoms with E-state index in [1.165, 1.54) is 0 Å². The zero-order chi connectivity index (χ0) is 13.6. The van der Waals surface area contributed by atoms with Gasteiger partial charge in [0.2, 0.25) is 5.91 Å². The number of nitrogens with one attached hydrogen (secondary N) is 1. The molecule has 1 spiro atoms. The van der Waals surface area contributed by atoms with Crippen molar-refractivity contribution in [2.24, 2.45) is 11.1 Å². The van der Waals surface area contributed by atoms with Crippen LogP contribution in [-0.2, 0) is 9.53 Å². The molecule has 102 valence electrons. The number of nitrogens with two attached hydrogens (primary N) is 1. The van der Waals surface area contributed by atoms with E-state index < -0.39 is 11.6 Å². The SMILES string of the molecule is CC(C)(C)OC(=O)N1CC[C@@]2(CNC(=O)[C@H]2N)C1. The number of amides is 2. The van der Waals surface area contributed by atoms with E-state index in [9.17, 15) is 9.59 Å². The normalized spacial score (nSPS) is 31.9. The largest absolute Gasteiger partial charge is 0.444 e. The maximum Gasteiger partial charge on any atom is 0.410 e. The fraction of sp³-hybridized carbons (Fsp3) is 0.833. The Morgan fingerprint density at radius 1 is 1.56 bits per heavy atom. The van der Waals surface area contributed by atoms with Gasteiger partial charge in [0.1, 0.15) is 5.60 Å². The summed E-state index contributed by atoms with van der Waals surface area (Å²) < 4.78 is 5.33. The number of carbonyl (C=O) groups excluding carboxylic acids is 2. The summed E-state index contributed by atoms with van der Waals surface area (Å²) >= 11 is 0. The molecule has 2 rings (SSSR count). The average Bonchev–Trinajstić information content (AvgIpc) is 2.78. The summed E-state index contributed by atoms with van der Waals surface area (Å²) in [6, 6.07) is -0.523. The van der Waals surface area contributed by atoms with E-state index in [-0.39, 0.29) is 17.4 Å².